The predicted octanol–water partition coefficient (Wildman–Crippen LogP) is 3.47. The Balaban J connectivity index is 1.68. The molecule has 0 amide bonds. The second kappa shape index (κ2) is 7.40. The first-order chi connectivity index (χ1) is 10.4. The molecule has 0 aliphatic carbocycles. The highest BCUT2D eigenvalue weighted by Gasteiger charge is 2.24. The van der Waals surface area contributed by atoms with Crippen LogP contribution in [0, 0.1) is 0 Å². The summed E-state index contributed by atoms with van der Waals surface area (Å²) in [5.41, 5.74) is 5.27. The van der Waals surface area contributed by atoms with Gasteiger partial charge in [0.15, 0.2) is 0 Å². The Morgan fingerprint density at radius 3 is 2.86 bits per heavy atom. The largest absolute Gasteiger partial charge is 0.271 e. The van der Waals surface area contributed by atoms with Crippen LogP contribution in [0.15, 0.2) is 35.7 Å². The molecule has 3 rings (SSSR count). The highest BCUT2D eigenvalue weighted by Crippen LogP contribution is 2.30. The van der Waals surface area contributed by atoms with E-state index in [0.717, 1.165) is 12.1 Å². The van der Waals surface area contributed by atoms with Crippen molar-refractivity contribution < 1.29 is 0 Å². The Morgan fingerprint density at radius 1 is 1.29 bits per heavy atom. The molecule has 112 valence electrons. The fraction of sp³-hybridized carbons (Fsp3) is 0.438. The molecule has 3 N–H and O–H groups in total. The summed E-state index contributed by atoms with van der Waals surface area (Å²) < 4.78 is 0. The van der Waals surface area contributed by atoms with Gasteiger partial charge in [-0.15, -0.1) is 11.3 Å². The number of aromatic nitrogens is 1. The Labute approximate surface area is 134 Å². The van der Waals surface area contributed by atoms with E-state index in [2.05, 4.69) is 46.8 Å². The average Bonchev–Trinajstić information content (AvgIpc) is 3.03. The van der Waals surface area contributed by atoms with Gasteiger partial charge < -0.3 is 0 Å². The van der Waals surface area contributed by atoms with Gasteiger partial charge in [-0.25, -0.2) is 4.98 Å². The summed E-state index contributed by atoms with van der Waals surface area (Å²) in [5.74, 6) is 7.04. The summed E-state index contributed by atoms with van der Waals surface area (Å²) >= 11 is 3.79. The molecule has 1 aliphatic heterocycles. The van der Waals surface area contributed by atoms with Gasteiger partial charge in [0.2, 0.25) is 0 Å². The van der Waals surface area contributed by atoms with Crippen molar-refractivity contribution in [1.82, 2.24) is 10.4 Å². The van der Waals surface area contributed by atoms with Crippen molar-refractivity contribution >= 4 is 23.1 Å². The molecular formula is C16H21N3S2. The lowest BCUT2D eigenvalue weighted by molar-refractivity contribution is 0.471. The summed E-state index contributed by atoms with van der Waals surface area (Å²) in [6, 6.07) is 10.7. The molecule has 1 fully saturated rings. The summed E-state index contributed by atoms with van der Waals surface area (Å²) in [4.78, 5) is 4.78. The minimum absolute atomic E-state index is 0.324. The third-order valence-corrected chi connectivity index (χ3v) is 6.28. The van der Waals surface area contributed by atoms with Crippen molar-refractivity contribution in [3.63, 3.8) is 0 Å². The number of thioether (sulfide) groups is 1. The normalized spacial score (nSPS) is 20.3. The van der Waals surface area contributed by atoms with E-state index in [1.165, 1.54) is 35.6 Å². The number of hydrazine groups is 1. The summed E-state index contributed by atoms with van der Waals surface area (Å²) in [5, 5.41) is 3.93. The van der Waals surface area contributed by atoms with E-state index in [1.54, 1.807) is 11.3 Å². The van der Waals surface area contributed by atoms with E-state index in [0.29, 0.717) is 11.3 Å². The molecule has 5 heteroatoms. The van der Waals surface area contributed by atoms with Crippen molar-refractivity contribution in [2.75, 3.05) is 5.75 Å². The van der Waals surface area contributed by atoms with Crippen LogP contribution in [0.5, 0.6) is 0 Å². The van der Waals surface area contributed by atoms with E-state index in [9.17, 15) is 0 Å². The van der Waals surface area contributed by atoms with Gasteiger partial charge in [-0.05, 0) is 18.6 Å². The zero-order chi connectivity index (χ0) is 14.5. The number of rotatable bonds is 5. The van der Waals surface area contributed by atoms with Crippen LogP contribution in [0.25, 0.3) is 11.3 Å². The lowest BCUT2D eigenvalue weighted by atomic mass is 10.1. The first kappa shape index (κ1) is 15.0. The van der Waals surface area contributed by atoms with Gasteiger partial charge in [0.05, 0.1) is 10.7 Å². The Bertz CT molecular complexity index is 550. The maximum absolute atomic E-state index is 5.78. The topological polar surface area (TPSA) is 50.9 Å². The maximum Gasteiger partial charge on any atom is 0.0949 e. The monoisotopic (exact) mass is 319 g/mol. The third-order valence-electron chi connectivity index (χ3n) is 3.89. The van der Waals surface area contributed by atoms with Gasteiger partial charge in [0.25, 0.3) is 0 Å². The minimum atomic E-state index is 0.324. The van der Waals surface area contributed by atoms with Crippen molar-refractivity contribution in [3.05, 3.63) is 40.7 Å². The van der Waals surface area contributed by atoms with Crippen LogP contribution in [-0.2, 0) is 6.42 Å². The van der Waals surface area contributed by atoms with Crippen molar-refractivity contribution in [2.45, 2.75) is 37.0 Å². The molecule has 1 aromatic heterocycles. The van der Waals surface area contributed by atoms with Crippen molar-refractivity contribution in [1.29, 1.82) is 0 Å². The van der Waals surface area contributed by atoms with Crippen LogP contribution in [0.4, 0.5) is 0 Å². The van der Waals surface area contributed by atoms with Crippen LogP contribution in [0.1, 0.15) is 24.3 Å². The van der Waals surface area contributed by atoms with Gasteiger partial charge in [-0.2, -0.15) is 11.8 Å². The van der Waals surface area contributed by atoms with E-state index < -0.39 is 0 Å². The molecule has 21 heavy (non-hydrogen) atoms. The number of nitrogens with zero attached hydrogens (tertiary/aromatic N) is 1. The van der Waals surface area contributed by atoms with Gasteiger partial charge in [0, 0.05) is 28.7 Å². The molecule has 1 aromatic carbocycles. The van der Waals surface area contributed by atoms with Crippen LogP contribution < -0.4 is 11.3 Å². The van der Waals surface area contributed by atoms with Crippen molar-refractivity contribution in [2.24, 2.45) is 5.84 Å². The first-order valence-electron chi connectivity index (χ1n) is 7.44. The Hall–Kier alpha value is -0.880. The second-order valence-corrected chi connectivity index (χ2v) is 7.66. The number of benzene rings is 1. The molecule has 0 radical (unpaired) electrons. The van der Waals surface area contributed by atoms with Gasteiger partial charge >= 0.3 is 0 Å². The third kappa shape index (κ3) is 3.86. The van der Waals surface area contributed by atoms with Crippen LogP contribution in [-0.4, -0.2) is 22.0 Å². The number of nitrogens with one attached hydrogen (secondary N) is 1. The summed E-state index contributed by atoms with van der Waals surface area (Å²) in [6.07, 6.45) is 4.85. The summed E-state index contributed by atoms with van der Waals surface area (Å²) in [6.45, 7) is 0. The average molecular weight is 319 g/mol. The molecule has 0 spiro atoms. The van der Waals surface area contributed by atoms with Crippen LogP contribution in [0.2, 0.25) is 0 Å². The SMILES string of the molecule is NNC(Cc1nc(-c2ccccc2)cs1)C1CCCCS1. The van der Waals surface area contributed by atoms with Gasteiger partial charge in [-0.3, -0.25) is 11.3 Å². The lowest BCUT2D eigenvalue weighted by Crippen LogP contribution is -2.45. The van der Waals surface area contributed by atoms with E-state index in [4.69, 9.17) is 10.8 Å². The smallest absolute Gasteiger partial charge is 0.0949 e. The quantitative estimate of drug-likeness (QED) is 0.654. The first-order valence-corrected chi connectivity index (χ1v) is 9.37. The molecule has 2 aromatic rings. The second-order valence-electron chi connectivity index (χ2n) is 5.37. The molecule has 2 heterocycles. The van der Waals surface area contributed by atoms with Gasteiger partial charge in [0.1, 0.15) is 0 Å². The zero-order valence-electron chi connectivity index (χ0n) is 12.0. The standard InChI is InChI=1S/C16H21N3S2/c17-19-13(15-8-4-5-9-20-15)10-16-18-14(11-21-16)12-6-2-1-3-7-12/h1-3,6-7,11,13,15,19H,4-5,8-10,17H2. The van der Waals surface area contributed by atoms with Crippen LogP contribution in [0.3, 0.4) is 0 Å². The number of thiazole rings is 1. The zero-order valence-corrected chi connectivity index (χ0v) is 13.6. The highest BCUT2D eigenvalue weighted by molar-refractivity contribution is 8.00. The minimum Gasteiger partial charge on any atom is -0.271 e. The fourth-order valence-corrected chi connectivity index (χ4v) is 4.99. The van der Waals surface area contributed by atoms with Crippen molar-refractivity contribution in [3.8, 4) is 11.3 Å². The highest BCUT2D eigenvalue weighted by atomic mass is 32.2. The van der Waals surface area contributed by atoms with Gasteiger partial charge in [-0.1, -0.05) is 36.8 Å². The number of hydrogen-bond acceptors (Lipinski definition) is 5. The summed E-state index contributed by atoms with van der Waals surface area (Å²) in [7, 11) is 0. The fourth-order valence-electron chi connectivity index (χ4n) is 2.71. The Morgan fingerprint density at radius 2 is 2.14 bits per heavy atom. The molecular weight excluding hydrogens is 298 g/mol. The molecule has 0 bridgehead atoms. The molecule has 1 saturated heterocycles. The molecule has 0 saturated carbocycles. The van der Waals surface area contributed by atoms with E-state index >= 15 is 0 Å². The predicted molar refractivity (Wildman–Crippen MR) is 92.5 cm³/mol. The van der Waals surface area contributed by atoms with Crippen LogP contribution >= 0.6 is 23.1 Å². The Kier molecular flexibility index (Phi) is 5.30. The number of nitrogens with two attached hydrogens (primary N) is 1. The van der Waals surface area contributed by atoms with E-state index in [1.807, 2.05) is 6.07 Å². The molecule has 3 nitrogen and oxygen atoms in total. The molecule has 2 atom stereocenters. The number of hydrogen-bond donors (Lipinski definition) is 2. The molecule has 2 unspecified atom stereocenters. The van der Waals surface area contributed by atoms with E-state index in [-0.39, 0.29) is 0 Å². The molecule has 1 aliphatic rings. The lowest BCUT2D eigenvalue weighted by Gasteiger charge is -2.28. The maximum atomic E-state index is 5.78.